The molecule has 14 heavy (non-hydrogen) atoms. The van der Waals surface area contributed by atoms with E-state index in [1.54, 1.807) is 0 Å². The lowest BCUT2D eigenvalue weighted by Gasteiger charge is -2.12. The van der Waals surface area contributed by atoms with Crippen molar-refractivity contribution in [3.05, 3.63) is 29.3 Å². The summed E-state index contributed by atoms with van der Waals surface area (Å²) in [6.07, 6.45) is 3.83. The van der Waals surface area contributed by atoms with Gasteiger partial charge in [-0.25, -0.2) is 0 Å². The molecule has 2 N–H and O–H groups in total. The predicted octanol–water partition coefficient (Wildman–Crippen LogP) is 3.66. The minimum Gasteiger partial charge on any atom is -0.398 e. The number of anilines is 1. The number of rotatable bonds is 2. The molecule has 0 radical (unpaired) electrons. The highest BCUT2D eigenvalue weighted by Crippen LogP contribution is 2.46. The van der Waals surface area contributed by atoms with E-state index in [1.807, 2.05) is 6.07 Å². The van der Waals surface area contributed by atoms with E-state index in [2.05, 4.69) is 26.0 Å². The lowest BCUT2D eigenvalue weighted by atomic mass is 9.95. The summed E-state index contributed by atoms with van der Waals surface area (Å²) < 4.78 is 0. The van der Waals surface area contributed by atoms with Crippen molar-refractivity contribution >= 4 is 5.69 Å². The Labute approximate surface area is 86.3 Å². The van der Waals surface area contributed by atoms with E-state index in [0.29, 0.717) is 11.8 Å². The van der Waals surface area contributed by atoms with Gasteiger partial charge in [-0.05, 0) is 41.9 Å². The Morgan fingerprint density at radius 1 is 1.43 bits per heavy atom. The molecule has 2 rings (SSSR count). The van der Waals surface area contributed by atoms with Crippen molar-refractivity contribution in [3.8, 4) is 0 Å². The molecule has 1 aromatic rings. The summed E-state index contributed by atoms with van der Waals surface area (Å²) in [5.41, 5.74) is 10.00. The SMILES string of the molecule is CCCC1CC(C)c2cccc(N)c21. The highest BCUT2D eigenvalue weighted by molar-refractivity contribution is 5.56. The van der Waals surface area contributed by atoms with Gasteiger partial charge in [0, 0.05) is 5.69 Å². The molecule has 0 aromatic heterocycles. The topological polar surface area (TPSA) is 26.0 Å². The van der Waals surface area contributed by atoms with E-state index in [9.17, 15) is 0 Å². The number of hydrogen-bond donors (Lipinski definition) is 1. The number of benzene rings is 1. The van der Waals surface area contributed by atoms with Crippen LogP contribution in [0.1, 0.15) is 56.1 Å². The Hall–Kier alpha value is -0.980. The average molecular weight is 189 g/mol. The zero-order chi connectivity index (χ0) is 10.1. The molecule has 1 nitrogen and oxygen atoms in total. The van der Waals surface area contributed by atoms with Crippen molar-refractivity contribution in [2.24, 2.45) is 0 Å². The van der Waals surface area contributed by atoms with Gasteiger partial charge in [0.2, 0.25) is 0 Å². The molecule has 2 atom stereocenters. The van der Waals surface area contributed by atoms with Crippen LogP contribution in [0.2, 0.25) is 0 Å². The fourth-order valence-corrected chi connectivity index (χ4v) is 2.79. The van der Waals surface area contributed by atoms with Crippen LogP contribution >= 0.6 is 0 Å². The molecule has 0 aliphatic heterocycles. The fraction of sp³-hybridized carbons (Fsp3) is 0.538. The Bertz CT molecular complexity index is 330. The number of fused-ring (bicyclic) bond motifs is 1. The molecule has 1 aliphatic carbocycles. The van der Waals surface area contributed by atoms with Gasteiger partial charge in [0.15, 0.2) is 0 Å². The van der Waals surface area contributed by atoms with Crippen LogP contribution in [0.3, 0.4) is 0 Å². The van der Waals surface area contributed by atoms with Gasteiger partial charge in [0.05, 0.1) is 0 Å². The summed E-state index contributed by atoms with van der Waals surface area (Å²) in [5, 5.41) is 0. The van der Waals surface area contributed by atoms with Crippen molar-refractivity contribution in [2.75, 3.05) is 5.73 Å². The number of hydrogen-bond acceptors (Lipinski definition) is 1. The van der Waals surface area contributed by atoms with E-state index in [0.717, 1.165) is 5.69 Å². The second kappa shape index (κ2) is 3.64. The quantitative estimate of drug-likeness (QED) is 0.706. The van der Waals surface area contributed by atoms with Gasteiger partial charge in [-0.15, -0.1) is 0 Å². The summed E-state index contributed by atoms with van der Waals surface area (Å²) in [6.45, 7) is 4.57. The van der Waals surface area contributed by atoms with Gasteiger partial charge in [-0.2, -0.15) is 0 Å². The maximum absolute atomic E-state index is 6.05. The van der Waals surface area contributed by atoms with E-state index in [-0.39, 0.29) is 0 Å². The molecule has 1 heteroatoms. The molecule has 1 aromatic carbocycles. The Balaban J connectivity index is 2.40. The standard InChI is InChI=1S/C13H19N/c1-3-5-10-8-9(2)11-6-4-7-12(14)13(10)11/h4,6-7,9-10H,3,5,8,14H2,1-2H3. The van der Waals surface area contributed by atoms with Gasteiger partial charge < -0.3 is 5.73 Å². The third kappa shape index (κ3) is 1.41. The summed E-state index contributed by atoms with van der Waals surface area (Å²) in [7, 11) is 0. The van der Waals surface area contributed by atoms with Gasteiger partial charge in [-0.1, -0.05) is 32.4 Å². The monoisotopic (exact) mass is 189 g/mol. The second-order valence-electron chi connectivity index (χ2n) is 4.47. The van der Waals surface area contributed by atoms with Crippen LogP contribution in [0.5, 0.6) is 0 Å². The van der Waals surface area contributed by atoms with Crippen molar-refractivity contribution in [3.63, 3.8) is 0 Å². The van der Waals surface area contributed by atoms with E-state index >= 15 is 0 Å². The zero-order valence-corrected chi connectivity index (χ0v) is 9.09. The normalized spacial score (nSPS) is 25.0. The minimum atomic E-state index is 0.699. The first kappa shape index (κ1) is 9.57. The highest BCUT2D eigenvalue weighted by atomic mass is 14.6. The van der Waals surface area contributed by atoms with Crippen LogP contribution in [0, 0.1) is 0 Å². The molecule has 0 saturated carbocycles. The van der Waals surface area contributed by atoms with Crippen LogP contribution < -0.4 is 5.73 Å². The van der Waals surface area contributed by atoms with Gasteiger partial charge in [-0.3, -0.25) is 0 Å². The molecule has 0 saturated heterocycles. The molecule has 1 aliphatic rings. The maximum atomic E-state index is 6.05. The second-order valence-corrected chi connectivity index (χ2v) is 4.47. The third-order valence-corrected chi connectivity index (χ3v) is 3.39. The first-order valence-corrected chi connectivity index (χ1v) is 5.62. The minimum absolute atomic E-state index is 0.699. The Kier molecular flexibility index (Phi) is 2.49. The van der Waals surface area contributed by atoms with Crippen molar-refractivity contribution in [1.29, 1.82) is 0 Å². The Morgan fingerprint density at radius 2 is 2.21 bits per heavy atom. The van der Waals surface area contributed by atoms with E-state index < -0.39 is 0 Å². The predicted molar refractivity (Wildman–Crippen MR) is 61.5 cm³/mol. The third-order valence-electron chi connectivity index (χ3n) is 3.39. The maximum Gasteiger partial charge on any atom is 0.0352 e. The first-order valence-electron chi connectivity index (χ1n) is 5.62. The lowest BCUT2D eigenvalue weighted by molar-refractivity contribution is 0.571. The summed E-state index contributed by atoms with van der Waals surface area (Å²) in [4.78, 5) is 0. The molecular weight excluding hydrogens is 170 g/mol. The summed E-state index contributed by atoms with van der Waals surface area (Å²) in [6, 6.07) is 6.37. The summed E-state index contributed by atoms with van der Waals surface area (Å²) in [5.74, 6) is 1.41. The first-order chi connectivity index (χ1) is 6.74. The fourth-order valence-electron chi connectivity index (χ4n) is 2.79. The molecule has 0 heterocycles. The van der Waals surface area contributed by atoms with Crippen molar-refractivity contribution < 1.29 is 0 Å². The molecular formula is C13H19N. The van der Waals surface area contributed by atoms with E-state index in [4.69, 9.17) is 5.73 Å². The smallest absolute Gasteiger partial charge is 0.0352 e. The van der Waals surface area contributed by atoms with Crippen molar-refractivity contribution in [1.82, 2.24) is 0 Å². The molecule has 0 bridgehead atoms. The molecule has 76 valence electrons. The number of nitrogens with two attached hydrogens (primary N) is 1. The molecule has 0 fully saturated rings. The van der Waals surface area contributed by atoms with Gasteiger partial charge in [0.1, 0.15) is 0 Å². The molecule has 0 amide bonds. The van der Waals surface area contributed by atoms with Gasteiger partial charge >= 0.3 is 0 Å². The number of nitrogen functional groups attached to an aromatic ring is 1. The molecule has 2 unspecified atom stereocenters. The largest absolute Gasteiger partial charge is 0.398 e. The average Bonchev–Trinajstić information content (AvgIpc) is 2.46. The van der Waals surface area contributed by atoms with E-state index in [1.165, 1.54) is 30.4 Å². The van der Waals surface area contributed by atoms with Crippen molar-refractivity contribution in [2.45, 2.75) is 44.9 Å². The zero-order valence-electron chi connectivity index (χ0n) is 9.09. The van der Waals surface area contributed by atoms with Crippen LogP contribution in [0.25, 0.3) is 0 Å². The summed E-state index contributed by atoms with van der Waals surface area (Å²) >= 11 is 0. The van der Waals surface area contributed by atoms with Gasteiger partial charge in [0.25, 0.3) is 0 Å². The Morgan fingerprint density at radius 3 is 2.93 bits per heavy atom. The van der Waals surface area contributed by atoms with Crippen LogP contribution in [-0.2, 0) is 0 Å². The van der Waals surface area contributed by atoms with Crippen LogP contribution in [-0.4, -0.2) is 0 Å². The lowest BCUT2D eigenvalue weighted by Crippen LogP contribution is -1.98. The van der Waals surface area contributed by atoms with Crippen LogP contribution in [0.15, 0.2) is 18.2 Å². The molecule has 0 spiro atoms. The van der Waals surface area contributed by atoms with Crippen LogP contribution in [0.4, 0.5) is 5.69 Å². The highest BCUT2D eigenvalue weighted by Gasteiger charge is 2.28.